The Morgan fingerprint density at radius 1 is 1.21 bits per heavy atom. The molecule has 5 rings (SSSR count). The number of hydrogen-bond donors (Lipinski definition) is 0. The average Bonchev–Trinajstić information content (AvgIpc) is 3.56. The van der Waals surface area contributed by atoms with Crippen LogP contribution in [0.25, 0.3) is 11.1 Å². The molecular formula is C32H34FNO4. The first kappa shape index (κ1) is 26.0. The maximum absolute atomic E-state index is 14.8. The molecule has 0 amide bonds. The monoisotopic (exact) mass is 515 g/mol. The zero-order valence-electron chi connectivity index (χ0n) is 22.5. The van der Waals surface area contributed by atoms with Crippen LogP contribution in [0.4, 0.5) is 4.39 Å². The molecule has 2 atom stereocenters. The first-order valence-electron chi connectivity index (χ1n) is 13.1. The Hall–Kier alpha value is -3.67. The van der Waals surface area contributed by atoms with Crippen LogP contribution in [0.5, 0.6) is 11.6 Å². The molecule has 0 radical (unpaired) electrons. The number of pyridine rings is 1. The van der Waals surface area contributed by atoms with Crippen molar-refractivity contribution in [1.29, 1.82) is 0 Å². The Bertz CT molecular complexity index is 1400. The van der Waals surface area contributed by atoms with Crippen LogP contribution in [-0.2, 0) is 33.4 Å². The summed E-state index contributed by atoms with van der Waals surface area (Å²) in [6.45, 7) is 10.7. The predicted molar refractivity (Wildman–Crippen MR) is 145 cm³/mol. The number of esters is 1. The van der Waals surface area contributed by atoms with Crippen molar-refractivity contribution in [1.82, 2.24) is 4.98 Å². The number of carbonyl (C=O) groups excluding carboxylic acids is 1. The van der Waals surface area contributed by atoms with Crippen molar-refractivity contribution in [2.75, 3.05) is 13.7 Å². The van der Waals surface area contributed by atoms with E-state index in [4.69, 9.17) is 14.2 Å². The SMILES string of the molecule is C=CC(C)(C)c1cc(COc2ccc3c(c2)[C@]2(CC3)C[C@H]2C(=O)OCC)ccc1-c1cc(OC)ncc1F. The number of nitrogens with zero attached hydrogens (tertiary/aromatic N) is 1. The van der Waals surface area contributed by atoms with Gasteiger partial charge < -0.3 is 14.2 Å². The number of aryl methyl sites for hydroxylation is 1. The fraction of sp³-hybridized carbons (Fsp3) is 0.375. The second-order valence-electron chi connectivity index (χ2n) is 10.8. The van der Waals surface area contributed by atoms with E-state index in [1.165, 1.54) is 24.4 Å². The molecule has 1 saturated carbocycles. The van der Waals surface area contributed by atoms with Gasteiger partial charge in [0.05, 0.1) is 25.8 Å². The molecule has 1 heterocycles. The van der Waals surface area contributed by atoms with Gasteiger partial charge in [0.25, 0.3) is 0 Å². The van der Waals surface area contributed by atoms with Crippen LogP contribution in [0, 0.1) is 11.7 Å². The molecule has 2 aromatic carbocycles. The van der Waals surface area contributed by atoms with Gasteiger partial charge in [0.2, 0.25) is 5.88 Å². The third-order valence-corrected chi connectivity index (χ3v) is 8.13. The first-order chi connectivity index (χ1) is 18.2. The lowest BCUT2D eigenvalue weighted by molar-refractivity contribution is -0.145. The molecule has 5 nitrogen and oxygen atoms in total. The lowest BCUT2D eigenvalue weighted by atomic mass is 9.79. The van der Waals surface area contributed by atoms with Crippen LogP contribution in [0.1, 0.15) is 55.9 Å². The molecule has 6 heteroatoms. The highest BCUT2D eigenvalue weighted by atomic mass is 19.1. The Balaban J connectivity index is 1.40. The average molecular weight is 516 g/mol. The lowest BCUT2D eigenvalue weighted by Crippen LogP contribution is -2.16. The van der Waals surface area contributed by atoms with Crippen LogP contribution in [-0.4, -0.2) is 24.7 Å². The third-order valence-electron chi connectivity index (χ3n) is 8.13. The smallest absolute Gasteiger partial charge is 0.309 e. The largest absolute Gasteiger partial charge is 0.489 e. The van der Waals surface area contributed by atoms with Crippen LogP contribution in [0.15, 0.2) is 61.3 Å². The molecule has 0 aliphatic heterocycles. The van der Waals surface area contributed by atoms with E-state index < -0.39 is 11.2 Å². The summed E-state index contributed by atoms with van der Waals surface area (Å²) < 4.78 is 31.6. The number of fused-ring (bicyclic) bond motifs is 2. The number of ether oxygens (including phenoxy) is 3. The Morgan fingerprint density at radius 2 is 2.03 bits per heavy atom. The van der Waals surface area contributed by atoms with Gasteiger partial charge in [-0.05, 0) is 66.1 Å². The standard InChI is InChI=1S/C32H34FNO4/c1-6-31(3,4)26-14-20(8-11-23(26)24-16-29(36-5)34-18-28(24)33)19-38-22-10-9-21-12-13-32(25(21)15-22)17-27(32)30(35)37-7-2/h6,8-11,14-16,18,27H,1,7,12-13,17,19H2,2-5H3/t27-,32-/m0/s1. The number of aromatic nitrogens is 1. The van der Waals surface area contributed by atoms with Gasteiger partial charge in [-0.15, -0.1) is 6.58 Å². The number of hydrogen-bond acceptors (Lipinski definition) is 5. The number of rotatable bonds is 9. The predicted octanol–water partition coefficient (Wildman–Crippen LogP) is 6.71. The van der Waals surface area contributed by atoms with Crippen molar-refractivity contribution >= 4 is 5.97 Å². The normalized spacial score (nSPS) is 19.7. The van der Waals surface area contributed by atoms with Gasteiger partial charge in [0.1, 0.15) is 18.2 Å². The van der Waals surface area contributed by atoms with Gasteiger partial charge in [-0.2, -0.15) is 0 Å². The number of allylic oxidation sites excluding steroid dienone is 1. The van der Waals surface area contributed by atoms with Crippen molar-refractivity contribution in [2.45, 2.75) is 57.5 Å². The van der Waals surface area contributed by atoms with Crippen LogP contribution in [0.2, 0.25) is 0 Å². The van der Waals surface area contributed by atoms with E-state index in [-0.39, 0.29) is 17.3 Å². The molecule has 0 N–H and O–H groups in total. The molecule has 1 spiro atoms. The fourth-order valence-corrected chi connectivity index (χ4v) is 5.71. The van der Waals surface area contributed by atoms with E-state index in [1.807, 2.05) is 31.2 Å². The molecule has 198 valence electrons. The van der Waals surface area contributed by atoms with Crippen molar-refractivity contribution in [3.05, 3.63) is 89.4 Å². The second-order valence-corrected chi connectivity index (χ2v) is 10.8. The Morgan fingerprint density at radius 3 is 2.76 bits per heavy atom. The fourth-order valence-electron chi connectivity index (χ4n) is 5.71. The number of methoxy groups -OCH3 is 1. The summed E-state index contributed by atoms with van der Waals surface area (Å²) in [5.41, 5.74) is 5.09. The second kappa shape index (κ2) is 9.90. The van der Waals surface area contributed by atoms with Crippen molar-refractivity contribution in [2.24, 2.45) is 5.92 Å². The van der Waals surface area contributed by atoms with Crippen LogP contribution in [0.3, 0.4) is 0 Å². The van der Waals surface area contributed by atoms with Gasteiger partial charge in [-0.1, -0.05) is 44.2 Å². The molecule has 0 unspecified atom stereocenters. The summed E-state index contributed by atoms with van der Waals surface area (Å²) >= 11 is 0. The zero-order valence-corrected chi connectivity index (χ0v) is 22.5. The van der Waals surface area contributed by atoms with Crippen molar-refractivity contribution in [3.8, 4) is 22.8 Å². The van der Waals surface area contributed by atoms with E-state index >= 15 is 0 Å². The molecule has 3 aromatic rings. The lowest BCUT2D eigenvalue weighted by Gasteiger charge is -2.25. The van der Waals surface area contributed by atoms with Crippen LogP contribution >= 0.6 is 0 Å². The highest BCUT2D eigenvalue weighted by Crippen LogP contribution is 2.62. The van der Waals surface area contributed by atoms with Gasteiger partial charge in [0, 0.05) is 22.5 Å². The van der Waals surface area contributed by atoms with E-state index in [9.17, 15) is 9.18 Å². The molecule has 0 saturated heterocycles. The summed E-state index contributed by atoms with van der Waals surface area (Å²) in [5.74, 6) is 0.573. The van der Waals surface area contributed by atoms with E-state index in [2.05, 4.69) is 43.6 Å². The van der Waals surface area contributed by atoms with E-state index in [1.54, 1.807) is 6.07 Å². The van der Waals surface area contributed by atoms with Crippen LogP contribution < -0.4 is 9.47 Å². The summed E-state index contributed by atoms with van der Waals surface area (Å²) in [7, 11) is 1.51. The first-order valence-corrected chi connectivity index (χ1v) is 13.1. The maximum Gasteiger partial charge on any atom is 0.309 e. The molecule has 1 aromatic heterocycles. The number of benzene rings is 2. The molecule has 1 fully saturated rings. The minimum Gasteiger partial charge on any atom is -0.489 e. The summed E-state index contributed by atoms with van der Waals surface area (Å²) in [6, 6.07) is 13.8. The van der Waals surface area contributed by atoms with E-state index in [0.29, 0.717) is 24.7 Å². The Labute approximate surface area is 223 Å². The summed E-state index contributed by atoms with van der Waals surface area (Å²) in [4.78, 5) is 16.4. The third kappa shape index (κ3) is 4.57. The summed E-state index contributed by atoms with van der Waals surface area (Å²) in [5, 5.41) is 0. The summed E-state index contributed by atoms with van der Waals surface area (Å²) in [6.07, 6.45) is 5.85. The maximum atomic E-state index is 14.8. The molecule has 0 bridgehead atoms. The van der Waals surface area contributed by atoms with Crippen molar-refractivity contribution in [3.63, 3.8) is 0 Å². The van der Waals surface area contributed by atoms with Gasteiger partial charge >= 0.3 is 5.97 Å². The Kier molecular flexibility index (Phi) is 6.76. The molecule has 2 aliphatic rings. The number of halogens is 1. The van der Waals surface area contributed by atoms with Gasteiger partial charge in [-0.3, -0.25) is 4.79 Å². The van der Waals surface area contributed by atoms with Crippen molar-refractivity contribution < 1.29 is 23.4 Å². The molecule has 38 heavy (non-hydrogen) atoms. The minimum atomic E-state index is -0.414. The topological polar surface area (TPSA) is 57.7 Å². The molecule has 2 aliphatic carbocycles. The minimum absolute atomic E-state index is 0.0533. The highest BCUT2D eigenvalue weighted by molar-refractivity contribution is 5.80. The molecular weight excluding hydrogens is 481 g/mol. The van der Waals surface area contributed by atoms with Gasteiger partial charge in [0.15, 0.2) is 0 Å². The quantitative estimate of drug-likeness (QED) is 0.234. The van der Waals surface area contributed by atoms with Gasteiger partial charge in [-0.25, -0.2) is 9.37 Å². The number of carbonyl (C=O) groups is 1. The van der Waals surface area contributed by atoms with E-state index in [0.717, 1.165) is 41.7 Å². The highest BCUT2D eigenvalue weighted by Gasteiger charge is 2.62. The zero-order chi connectivity index (χ0) is 27.1.